The average molecular weight is 376 g/mol. The lowest BCUT2D eigenvalue weighted by Gasteiger charge is -2.09. The molecular formula is C24H24O4. The molecule has 0 atom stereocenters. The van der Waals surface area contributed by atoms with Crippen LogP contribution in [0.1, 0.15) is 34.7 Å². The highest BCUT2D eigenvalue weighted by molar-refractivity contribution is 5.81. The standard InChI is InChI=1S/C24H24O4/c1-4-22-15-20(13-14-23(22)17-27-18-26-6-3)10-7-19-8-11-21(12-9-19)16-28-24(25)5-2/h5-6,8-9,11-15H,2-4,16-18H2,1H3. The summed E-state index contributed by atoms with van der Waals surface area (Å²) >= 11 is 0. The van der Waals surface area contributed by atoms with Crippen LogP contribution in [0, 0.1) is 11.8 Å². The molecule has 144 valence electrons. The highest BCUT2D eigenvalue weighted by Gasteiger charge is 2.02. The summed E-state index contributed by atoms with van der Waals surface area (Å²) in [5, 5.41) is 0. The van der Waals surface area contributed by atoms with Crippen LogP contribution in [0.4, 0.5) is 0 Å². The number of hydrogen-bond acceptors (Lipinski definition) is 4. The van der Waals surface area contributed by atoms with Crippen molar-refractivity contribution >= 4 is 5.97 Å². The van der Waals surface area contributed by atoms with E-state index in [1.165, 1.54) is 11.8 Å². The normalized spacial score (nSPS) is 9.75. The van der Waals surface area contributed by atoms with Crippen molar-refractivity contribution in [1.29, 1.82) is 0 Å². The van der Waals surface area contributed by atoms with Gasteiger partial charge >= 0.3 is 5.97 Å². The van der Waals surface area contributed by atoms with Gasteiger partial charge in [-0.1, -0.05) is 50.1 Å². The summed E-state index contributed by atoms with van der Waals surface area (Å²) in [6.07, 6.45) is 3.41. The molecule has 2 aromatic rings. The lowest BCUT2D eigenvalue weighted by Crippen LogP contribution is -2.00. The molecule has 28 heavy (non-hydrogen) atoms. The summed E-state index contributed by atoms with van der Waals surface area (Å²) in [6, 6.07) is 13.7. The van der Waals surface area contributed by atoms with Crippen molar-refractivity contribution in [2.24, 2.45) is 0 Å². The lowest BCUT2D eigenvalue weighted by atomic mass is 10.0. The molecule has 2 rings (SSSR count). The number of benzene rings is 2. The maximum atomic E-state index is 11.1. The molecule has 4 nitrogen and oxygen atoms in total. The molecule has 0 aliphatic carbocycles. The molecule has 0 saturated heterocycles. The van der Waals surface area contributed by atoms with Gasteiger partial charge in [-0.15, -0.1) is 0 Å². The van der Waals surface area contributed by atoms with E-state index in [1.54, 1.807) is 0 Å². The number of aryl methyl sites for hydroxylation is 1. The highest BCUT2D eigenvalue weighted by Crippen LogP contribution is 2.14. The van der Waals surface area contributed by atoms with Gasteiger partial charge in [0.1, 0.15) is 6.61 Å². The molecule has 0 heterocycles. The molecule has 0 bridgehead atoms. The van der Waals surface area contributed by atoms with E-state index in [0.717, 1.165) is 34.8 Å². The van der Waals surface area contributed by atoms with Crippen molar-refractivity contribution in [2.45, 2.75) is 26.6 Å². The smallest absolute Gasteiger partial charge is 0.330 e. The van der Waals surface area contributed by atoms with Gasteiger partial charge in [-0.05, 0) is 47.4 Å². The Labute approximate surface area is 166 Å². The highest BCUT2D eigenvalue weighted by atomic mass is 16.7. The molecule has 2 aromatic carbocycles. The summed E-state index contributed by atoms with van der Waals surface area (Å²) < 4.78 is 15.4. The third-order valence-electron chi connectivity index (χ3n) is 3.97. The molecule has 0 radical (unpaired) electrons. The molecule has 0 amide bonds. The van der Waals surface area contributed by atoms with Crippen molar-refractivity contribution in [2.75, 3.05) is 6.79 Å². The fraction of sp³-hybridized carbons (Fsp3) is 0.208. The third-order valence-corrected chi connectivity index (χ3v) is 3.97. The van der Waals surface area contributed by atoms with Crippen molar-refractivity contribution < 1.29 is 19.0 Å². The van der Waals surface area contributed by atoms with Gasteiger partial charge in [0.15, 0.2) is 6.79 Å². The number of carbonyl (C=O) groups excluding carboxylic acids is 1. The molecule has 0 aromatic heterocycles. The molecule has 4 heteroatoms. The summed E-state index contributed by atoms with van der Waals surface area (Å²) in [7, 11) is 0. The van der Waals surface area contributed by atoms with Crippen LogP contribution in [0.2, 0.25) is 0 Å². The maximum absolute atomic E-state index is 11.1. The van der Waals surface area contributed by atoms with Crippen LogP contribution >= 0.6 is 0 Å². The number of ether oxygens (including phenoxy) is 3. The maximum Gasteiger partial charge on any atom is 0.330 e. The second-order valence-corrected chi connectivity index (χ2v) is 5.90. The molecule has 0 unspecified atom stereocenters. The molecule has 0 saturated carbocycles. The number of esters is 1. The van der Waals surface area contributed by atoms with Crippen LogP contribution in [0.25, 0.3) is 0 Å². The molecule has 0 aliphatic heterocycles. The van der Waals surface area contributed by atoms with Crippen LogP contribution in [-0.2, 0) is 38.6 Å². The van der Waals surface area contributed by atoms with Gasteiger partial charge in [0.05, 0.1) is 12.9 Å². The van der Waals surface area contributed by atoms with Crippen LogP contribution in [-0.4, -0.2) is 12.8 Å². The minimum atomic E-state index is -0.433. The zero-order valence-corrected chi connectivity index (χ0v) is 16.1. The summed E-state index contributed by atoms with van der Waals surface area (Å²) in [5.41, 5.74) is 5.07. The van der Waals surface area contributed by atoms with E-state index in [4.69, 9.17) is 14.2 Å². The zero-order chi connectivity index (χ0) is 20.2. The van der Waals surface area contributed by atoms with Gasteiger partial charge in [0.25, 0.3) is 0 Å². The predicted octanol–water partition coefficient (Wildman–Crippen LogP) is 4.51. The van der Waals surface area contributed by atoms with Gasteiger partial charge in [-0.3, -0.25) is 0 Å². The Bertz CT molecular complexity index is 870. The Balaban J connectivity index is 2.01. The van der Waals surface area contributed by atoms with Crippen LogP contribution in [0.3, 0.4) is 0 Å². The van der Waals surface area contributed by atoms with Gasteiger partial charge < -0.3 is 14.2 Å². The molecule has 0 aliphatic rings. The second-order valence-electron chi connectivity index (χ2n) is 5.90. The van der Waals surface area contributed by atoms with Crippen molar-refractivity contribution in [3.05, 3.63) is 95.8 Å². The molecule has 0 spiro atoms. The van der Waals surface area contributed by atoms with E-state index in [1.807, 2.05) is 36.4 Å². The van der Waals surface area contributed by atoms with E-state index < -0.39 is 5.97 Å². The summed E-state index contributed by atoms with van der Waals surface area (Å²) in [4.78, 5) is 11.1. The van der Waals surface area contributed by atoms with Crippen LogP contribution in [0.15, 0.2) is 68.0 Å². The van der Waals surface area contributed by atoms with Crippen LogP contribution < -0.4 is 0 Å². The first-order valence-corrected chi connectivity index (χ1v) is 8.98. The van der Waals surface area contributed by atoms with Gasteiger partial charge in [-0.2, -0.15) is 0 Å². The zero-order valence-electron chi connectivity index (χ0n) is 16.1. The molecule has 0 fully saturated rings. The topological polar surface area (TPSA) is 44.8 Å². The minimum absolute atomic E-state index is 0.191. The van der Waals surface area contributed by atoms with Gasteiger partial charge in [0, 0.05) is 17.2 Å². The molecular weight excluding hydrogens is 352 g/mol. The molecule has 0 N–H and O–H groups in total. The Hall–Kier alpha value is -3.29. The van der Waals surface area contributed by atoms with Crippen molar-refractivity contribution in [1.82, 2.24) is 0 Å². The van der Waals surface area contributed by atoms with Gasteiger partial charge in [-0.25, -0.2) is 4.79 Å². The Morgan fingerprint density at radius 1 is 1.00 bits per heavy atom. The van der Waals surface area contributed by atoms with E-state index in [9.17, 15) is 4.79 Å². The SMILES string of the molecule is C=COCOCc1ccc(C#Cc2ccc(COC(=O)C=C)cc2)cc1CC. The second kappa shape index (κ2) is 11.4. The van der Waals surface area contributed by atoms with E-state index in [0.29, 0.717) is 6.61 Å². The first-order valence-electron chi connectivity index (χ1n) is 8.98. The largest absolute Gasteiger partial charge is 0.476 e. The fourth-order valence-electron chi connectivity index (χ4n) is 2.46. The minimum Gasteiger partial charge on any atom is -0.476 e. The summed E-state index contributed by atoms with van der Waals surface area (Å²) in [5.74, 6) is 5.92. The Kier molecular flexibility index (Phi) is 8.58. The van der Waals surface area contributed by atoms with Crippen LogP contribution in [0.5, 0.6) is 0 Å². The van der Waals surface area contributed by atoms with E-state index >= 15 is 0 Å². The Morgan fingerprint density at radius 3 is 2.39 bits per heavy atom. The number of hydrogen-bond donors (Lipinski definition) is 0. The third kappa shape index (κ3) is 6.79. The van der Waals surface area contributed by atoms with E-state index in [-0.39, 0.29) is 13.4 Å². The van der Waals surface area contributed by atoms with E-state index in [2.05, 4.69) is 38.0 Å². The quantitative estimate of drug-likeness (QED) is 0.161. The van der Waals surface area contributed by atoms with Crippen molar-refractivity contribution in [3.8, 4) is 11.8 Å². The number of rotatable bonds is 9. The average Bonchev–Trinajstić information content (AvgIpc) is 2.74. The number of carbonyl (C=O) groups is 1. The van der Waals surface area contributed by atoms with Gasteiger partial charge in [0.2, 0.25) is 0 Å². The summed E-state index contributed by atoms with van der Waals surface area (Å²) in [6.45, 7) is 9.86. The van der Waals surface area contributed by atoms with Crippen molar-refractivity contribution in [3.63, 3.8) is 0 Å². The first-order chi connectivity index (χ1) is 13.7. The first kappa shape index (κ1) is 21.0. The fourth-order valence-corrected chi connectivity index (χ4v) is 2.46. The monoisotopic (exact) mass is 376 g/mol. The lowest BCUT2D eigenvalue weighted by molar-refractivity contribution is -0.138. The Morgan fingerprint density at radius 2 is 1.71 bits per heavy atom. The predicted molar refractivity (Wildman–Crippen MR) is 109 cm³/mol.